The van der Waals surface area contributed by atoms with Gasteiger partial charge in [-0.3, -0.25) is 0 Å². The molecule has 0 spiro atoms. The van der Waals surface area contributed by atoms with Gasteiger partial charge in [0.15, 0.2) is 0 Å². The van der Waals surface area contributed by atoms with Gasteiger partial charge in [-0.25, -0.2) is 4.98 Å². The molecular formula is C25H26N6O2. The number of anilines is 3. The predicted molar refractivity (Wildman–Crippen MR) is 132 cm³/mol. The Morgan fingerprint density at radius 2 is 1.94 bits per heavy atom. The Bertz CT molecular complexity index is 1420. The molecule has 0 amide bonds. The smallest absolute Gasteiger partial charge is 0.224 e. The average molecular weight is 443 g/mol. The molecule has 4 N–H and O–H groups in total. The van der Waals surface area contributed by atoms with Gasteiger partial charge in [0.05, 0.1) is 19.7 Å². The second-order valence-corrected chi connectivity index (χ2v) is 7.89. The minimum Gasteiger partial charge on any atom is -0.497 e. The van der Waals surface area contributed by atoms with Gasteiger partial charge in [-0.15, -0.1) is 0 Å². The van der Waals surface area contributed by atoms with Crippen molar-refractivity contribution in [1.82, 2.24) is 19.9 Å². The van der Waals surface area contributed by atoms with Gasteiger partial charge in [-0.05, 0) is 55.3 Å². The van der Waals surface area contributed by atoms with Crippen LogP contribution in [0.3, 0.4) is 0 Å². The van der Waals surface area contributed by atoms with Crippen LogP contribution in [-0.2, 0) is 6.42 Å². The molecule has 33 heavy (non-hydrogen) atoms. The van der Waals surface area contributed by atoms with E-state index in [1.54, 1.807) is 20.4 Å². The van der Waals surface area contributed by atoms with Crippen molar-refractivity contribution in [3.8, 4) is 11.5 Å². The highest BCUT2D eigenvalue weighted by Crippen LogP contribution is 2.32. The van der Waals surface area contributed by atoms with Crippen LogP contribution in [-0.4, -0.2) is 40.7 Å². The second kappa shape index (κ2) is 8.74. The van der Waals surface area contributed by atoms with Crippen molar-refractivity contribution in [2.24, 2.45) is 0 Å². The van der Waals surface area contributed by atoms with E-state index >= 15 is 0 Å². The van der Waals surface area contributed by atoms with Crippen LogP contribution < -0.4 is 20.1 Å². The lowest BCUT2D eigenvalue weighted by atomic mass is 10.1. The van der Waals surface area contributed by atoms with E-state index in [0.29, 0.717) is 12.5 Å². The van der Waals surface area contributed by atoms with E-state index in [0.717, 1.165) is 56.9 Å². The Hall–Kier alpha value is -4.20. The Labute approximate surface area is 191 Å². The van der Waals surface area contributed by atoms with Crippen LogP contribution in [0.4, 0.5) is 17.5 Å². The number of hydrogen-bond acceptors (Lipinski definition) is 6. The van der Waals surface area contributed by atoms with E-state index in [9.17, 15) is 0 Å². The summed E-state index contributed by atoms with van der Waals surface area (Å²) in [6.07, 6.45) is 4.55. The molecule has 3 heterocycles. The lowest BCUT2D eigenvalue weighted by Crippen LogP contribution is -2.08. The Balaban J connectivity index is 1.26. The quantitative estimate of drug-likeness (QED) is 0.265. The van der Waals surface area contributed by atoms with E-state index < -0.39 is 0 Å². The Kier molecular flexibility index (Phi) is 5.48. The van der Waals surface area contributed by atoms with Crippen molar-refractivity contribution in [1.29, 1.82) is 0 Å². The number of aryl methyl sites for hydroxylation is 1. The number of methoxy groups -OCH3 is 2. The van der Waals surface area contributed by atoms with Crippen molar-refractivity contribution in [3.05, 3.63) is 66.1 Å². The lowest BCUT2D eigenvalue weighted by Gasteiger charge is -2.09. The van der Waals surface area contributed by atoms with Crippen LogP contribution in [0, 0.1) is 6.92 Å². The number of aromatic amines is 2. The van der Waals surface area contributed by atoms with Crippen molar-refractivity contribution >= 4 is 39.3 Å². The normalized spacial score (nSPS) is 11.1. The second-order valence-electron chi connectivity index (χ2n) is 7.89. The number of hydrogen-bond donors (Lipinski definition) is 4. The number of aromatic nitrogens is 4. The first-order chi connectivity index (χ1) is 16.1. The number of nitrogens with one attached hydrogen (secondary N) is 4. The zero-order valence-corrected chi connectivity index (χ0v) is 18.8. The summed E-state index contributed by atoms with van der Waals surface area (Å²) in [6.45, 7) is 2.74. The molecule has 3 aromatic heterocycles. The van der Waals surface area contributed by atoms with E-state index in [2.05, 4.69) is 55.7 Å². The minimum atomic E-state index is 0.577. The fourth-order valence-electron chi connectivity index (χ4n) is 4.04. The highest BCUT2D eigenvalue weighted by molar-refractivity contribution is 5.90. The van der Waals surface area contributed by atoms with Gasteiger partial charge < -0.3 is 30.1 Å². The SMILES string of the molecule is COc1cc(OC)c2[nH]cc(CCNc3nccc(Nc4ccc5[nH]c(C)cc5c4)n3)c2c1. The van der Waals surface area contributed by atoms with Crippen LogP contribution in [0.15, 0.2) is 54.9 Å². The van der Waals surface area contributed by atoms with Crippen molar-refractivity contribution in [2.75, 3.05) is 31.4 Å². The molecule has 0 aliphatic heterocycles. The molecule has 0 fully saturated rings. The van der Waals surface area contributed by atoms with Crippen LogP contribution in [0.2, 0.25) is 0 Å². The third-order valence-corrected chi connectivity index (χ3v) is 5.63. The van der Waals surface area contributed by atoms with Crippen LogP contribution in [0.5, 0.6) is 11.5 Å². The number of nitrogens with zero attached hydrogens (tertiary/aromatic N) is 2. The third kappa shape index (κ3) is 4.27. The van der Waals surface area contributed by atoms with Crippen molar-refractivity contribution < 1.29 is 9.47 Å². The molecule has 8 nitrogen and oxygen atoms in total. The fourth-order valence-corrected chi connectivity index (χ4v) is 4.04. The molecule has 0 unspecified atom stereocenters. The molecule has 0 saturated carbocycles. The van der Waals surface area contributed by atoms with Gasteiger partial charge in [0, 0.05) is 52.7 Å². The van der Waals surface area contributed by atoms with Crippen LogP contribution in [0.25, 0.3) is 21.8 Å². The molecule has 0 atom stereocenters. The molecular weight excluding hydrogens is 416 g/mol. The summed E-state index contributed by atoms with van der Waals surface area (Å²) in [5.41, 5.74) is 5.37. The number of fused-ring (bicyclic) bond motifs is 2. The van der Waals surface area contributed by atoms with E-state index in [-0.39, 0.29) is 0 Å². The fraction of sp³-hybridized carbons (Fsp3) is 0.200. The number of ether oxygens (including phenoxy) is 2. The molecule has 5 rings (SSSR count). The topological polar surface area (TPSA) is 99.9 Å². The summed E-state index contributed by atoms with van der Waals surface area (Å²) in [7, 11) is 3.32. The molecule has 0 aliphatic carbocycles. The molecule has 0 radical (unpaired) electrons. The zero-order chi connectivity index (χ0) is 22.8. The Morgan fingerprint density at radius 1 is 1.03 bits per heavy atom. The van der Waals surface area contributed by atoms with Gasteiger partial charge in [0.1, 0.15) is 17.3 Å². The molecule has 2 aromatic carbocycles. The summed E-state index contributed by atoms with van der Waals surface area (Å²) in [4.78, 5) is 15.6. The largest absolute Gasteiger partial charge is 0.497 e. The monoisotopic (exact) mass is 442 g/mol. The standard InChI is InChI=1S/C25H26N6O2/c1-15-10-17-11-18(4-5-21(17)29-15)30-23-7-9-27-25(31-23)26-8-6-16-14-28-24-20(16)12-19(32-2)13-22(24)33-3/h4-5,7,9-14,28-29H,6,8H2,1-3H3,(H2,26,27,30,31). The number of rotatable bonds is 8. The summed E-state index contributed by atoms with van der Waals surface area (Å²) in [5, 5.41) is 8.93. The third-order valence-electron chi connectivity index (χ3n) is 5.63. The van der Waals surface area contributed by atoms with E-state index in [1.807, 2.05) is 30.5 Å². The highest BCUT2D eigenvalue weighted by Gasteiger charge is 2.11. The lowest BCUT2D eigenvalue weighted by molar-refractivity contribution is 0.397. The first-order valence-electron chi connectivity index (χ1n) is 10.8. The first kappa shape index (κ1) is 20.7. The molecule has 0 aliphatic rings. The summed E-state index contributed by atoms with van der Waals surface area (Å²) >= 11 is 0. The van der Waals surface area contributed by atoms with E-state index in [4.69, 9.17) is 9.47 Å². The van der Waals surface area contributed by atoms with Crippen molar-refractivity contribution in [3.63, 3.8) is 0 Å². The highest BCUT2D eigenvalue weighted by atomic mass is 16.5. The van der Waals surface area contributed by atoms with Crippen LogP contribution in [0.1, 0.15) is 11.3 Å². The molecule has 8 heteroatoms. The maximum atomic E-state index is 5.49. The molecule has 168 valence electrons. The van der Waals surface area contributed by atoms with Gasteiger partial charge in [0.2, 0.25) is 5.95 Å². The van der Waals surface area contributed by atoms with Gasteiger partial charge in [-0.2, -0.15) is 4.98 Å². The minimum absolute atomic E-state index is 0.577. The van der Waals surface area contributed by atoms with Crippen molar-refractivity contribution in [2.45, 2.75) is 13.3 Å². The zero-order valence-electron chi connectivity index (χ0n) is 18.8. The molecule has 0 bridgehead atoms. The number of H-pyrrole nitrogens is 2. The first-order valence-corrected chi connectivity index (χ1v) is 10.8. The number of benzene rings is 2. The Morgan fingerprint density at radius 3 is 2.79 bits per heavy atom. The maximum absolute atomic E-state index is 5.49. The summed E-state index contributed by atoms with van der Waals surface area (Å²) in [6, 6.07) is 14.1. The predicted octanol–water partition coefficient (Wildman–Crippen LogP) is 5.16. The van der Waals surface area contributed by atoms with E-state index in [1.165, 1.54) is 5.56 Å². The summed E-state index contributed by atoms with van der Waals surface area (Å²) < 4.78 is 10.9. The molecule has 0 saturated heterocycles. The molecule has 5 aromatic rings. The summed E-state index contributed by atoms with van der Waals surface area (Å²) in [5.74, 6) is 2.84. The van der Waals surface area contributed by atoms with Crippen LogP contribution >= 0.6 is 0 Å². The van der Waals surface area contributed by atoms with Gasteiger partial charge in [-0.1, -0.05) is 0 Å². The average Bonchev–Trinajstić information content (AvgIpc) is 3.40. The van der Waals surface area contributed by atoms with Gasteiger partial charge >= 0.3 is 0 Å². The maximum Gasteiger partial charge on any atom is 0.224 e. The van der Waals surface area contributed by atoms with Gasteiger partial charge in [0.25, 0.3) is 0 Å².